The van der Waals surface area contributed by atoms with Gasteiger partial charge in [-0.2, -0.15) is 0 Å². The third-order valence-corrected chi connectivity index (χ3v) is 3.23. The van der Waals surface area contributed by atoms with Gasteiger partial charge in [0.15, 0.2) is 0 Å². The molecule has 1 aromatic carbocycles. The molecule has 0 spiro atoms. The summed E-state index contributed by atoms with van der Waals surface area (Å²) in [4.78, 5) is 4.63. The van der Waals surface area contributed by atoms with Crippen LogP contribution in [-0.2, 0) is 6.54 Å². The van der Waals surface area contributed by atoms with Crippen LogP contribution >= 0.6 is 0 Å². The van der Waals surface area contributed by atoms with Crippen molar-refractivity contribution in [1.29, 1.82) is 0 Å². The lowest BCUT2D eigenvalue weighted by molar-refractivity contribution is 0.577. The van der Waals surface area contributed by atoms with Gasteiger partial charge in [-0.15, -0.1) is 0 Å². The number of rotatable bonds is 5. The SMILES string of the molecule is CCCn1c(C(C)CCN)nc2ccc(F)cc21. The van der Waals surface area contributed by atoms with Crippen molar-refractivity contribution in [2.24, 2.45) is 5.73 Å². The van der Waals surface area contributed by atoms with E-state index in [0.29, 0.717) is 12.5 Å². The second-order valence-electron chi connectivity index (χ2n) is 4.73. The molecular weight excluding hydrogens is 229 g/mol. The quantitative estimate of drug-likeness (QED) is 0.885. The van der Waals surface area contributed by atoms with E-state index in [1.807, 2.05) is 0 Å². The molecule has 2 rings (SSSR count). The summed E-state index contributed by atoms with van der Waals surface area (Å²) >= 11 is 0. The predicted molar refractivity (Wildman–Crippen MR) is 72.1 cm³/mol. The van der Waals surface area contributed by atoms with Gasteiger partial charge in [0, 0.05) is 12.5 Å². The Kier molecular flexibility index (Phi) is 3.97. The van der Waals surface area contributed by atoms with Gasteiger partial charge in [-0.1, -0.05) is 13.8 Å². The molecule has 1 aromatic heterocycles. The van der Waals surface area contributed by atoms with Gasteiger partial charge in [0.25, 0.3) is 0 Å². The molecule has 0 aliphatic rings. The summed E-state index contributed by atoms with van der Waals surface area (Å²) in [5.41, 5.74) is 7.36. The maximum absolute atomic E-state index is 13.4. The lowest BCUT2D eigenvalue weighted by Gasteiger charge is -2.13. The lowest BCUT2D eigenvalue weighted by Crippen LogP contribution is -2.11. The molecule has 3 nitrogen and oxygen atoms in total. The van der Waals surface area contributed by atoms with Crippen LogP contribution in [0, 0.1) is 5.82 Å². The van der Waals surface area contributed by atoms with Crippen LogP contribution in [0.3, 0.4) is 0 Å². The molecule has 2 aromatic rings. The van der Waals surface area contributed by atoms with Gasteiger partial charge in [0.2, 0.25) is 0 Å². The molecule has 1 atom stereocenters. The third kappa shape index (κ3) is 2.38. The summed E-state index contributed by atoms with van der Waals surface area (Å²) in [6.45, 7) is 5.74. The molecule has 2 N–H and O–H groups in total. The van der Waals surface area contributed by atoms with E-state index in [9.17, 15) is 4.39 Å². The first kappa shape index (κ1) is 13.0. The maximum atomic E-state index is 13.4. The Balaban J connectivity index is 2.54. The smallest absolute Gasteiger partial charge is 0.125 e. The van der Waals surface area contributed by atoms with Crippen molar-refractivity contribution in [1.82, 2.24) is 9.55 Å². The first-order chi connectivity index (χ1) is 8.67. The molecule has 0 aliphatic carbocycles. The van der Waals surface area contributed by atoms with E-state index < -0.39 is 0 Å². The van der Waals surface area contributed by atoms with E-state index in [0.717, 1.165) is 36.2 Å². The van der Waals surface area contributed by atoms with Crippen LogP contribution in [0.5, 0.6) is 0 Å². The molecule has 0 aliphatic heterocycles. The average molecular weight is 249 g/mol. The van der Waals surface area contributed by atoms with Crippen molar-refractivity contribution in [3.63, 3.8) is 0 Å². The zero-order chi connectivity index (χ0) is 13.1. The van der Waals surface area contributed by atoms with E-state index in [4.69, 9.17) is 5.73 Å². The number of aromatic nitrogens is 2. The fraction of sp³-hybridized carbons (Fsp3) is 0.500. The van der Waals surface area contributed by atoms with E-state index >= 15 is 0 Å². The van der Waals surface area contributed by atoms with Gasteiger partial charge < -0.3 is 10.3 Å². The highest BCUT2D eigenvalue weighted by molar-refractivity contribution is 5.76. The van der Waals surface area contributed by atoms with Crippen LogP contribution in [0.25, 0.3) is 11.0 Å². The number of nitrogens with two attached hydrogens (primary N) is 1. The third-order valence-electron chi connectivity index (χ3n) is 3.23. The fourth-order valence-electron chi connectivity index (χ4n) is 2.33. The Hall–Kier alpha value is -1.42. The van der Waals surface area contributed by atoms with Crippen molar-refractivity contribution in [3.05, 3.63) is 29.8 Å². The zero-order valence-corrected chi connectivity index (χ0v) is 11.0. The molecule has 18 heavy (non-hydrogen) atoms. The van der Waals surface area contributed by atoms with E-state index in [2.05, 4.69) is 23.4 Å². The van der Waals surface area contributed by atoms with Crippen LogP contribution in [0.1, 0.15) is 38.4 Å². The summed E-state index contributed by atoms with van der Waals surface area (Å²) in [6.07, 6.45) is 1.90. The highest BCUT2D eigenvalue weighted by Gasteiger charge is 2.16. The highest BCUT2D eigenvalue weighted by atomic mass is 19.1. The Morgan fingerprint density at radius 1 is 1.44 bits per heavy atom. The minimum absolute atomic E-state index is 0.210. The standard InChI is InChI=1S/C14H20FN3/c1-3-8-18-13-9-11(15)4-5-12(13)17-14(18)10(2)6-7-16/h4-5,9-10H,3,6-8,16H2,1-2H3. The van der Waals surface area contributed by atoms with Gasteiger partial charge >= 0.3 is 0 Å². The molecule has 1 unspecified atom stereocenters. The van der Waals surface area contributed by atoms with Crippen molar-refractivity contribution in [3.8, 4) is 0 Å². The molecule has 0 saturated heterocycles. The lowest BCUT2D eigenvalue weighted by atomic mass is 10.1. The van der Waals surface area contributed by atoms with Gasteiger partial charge in [-0.25, -0.2) is 9.37 Å². The van der Waals surface area contributed by atoms with Crippen LogP contribution in [0.2, 0.25) is 0 Å². The molecule has 0 amide bonds. The van der Waals surface area contributed by atoms with Crippen molar-refractivity contribution < 1.29 is 4.39 Å². The number of halogens is 1. The van der Waals surface area contributed by atoms with Crippen molar-refractivity contribution in [2.75, 3.05) is 6.54 Å². The monoisotopic (exact) mass is 249 g/mol. The summed E-state index contributed by atoms with van der Waals surface area (Å²) in [5, 5.41) is 0. The first-order valence-corrected chi connectivity index (χ1v) is 6.53. The number of hydrogen-bond donors (Lipinski definition) is 1. The topological polar surface area (TPSA) is 43.8 Å². The maximum Gasteiger partial charge on any atom is 0.125 e. The Labute approximate surface area is 107 Å². The fourth-order valence-corrected chi connectivity index (χ4v) is 2.33. The van der Waals surface area contributed by atoms with Crippen molar-refractivity contribution >= 4 is 11.0 Å². The zero-order valence-electron chi connectivity index (χ0n) is 11.0. The van der Waals surface area contributed by atoms with Crippen LogP contribution < -0.4 is 5.73 Å². The normalized spacial score (nSPS) is 13.1. The number of benzene rings is 1. The minimum atomic E-state index is -0.210. The molecule has 1 heterocycles. The first-order valence-electron chi connectivity index (χ1n) is 6.53. The molecule has 4 heteroatoms. The second kappa shape index (κ2) is 5.48. The molecular formula is C14H20FN3. The van der Waals surface area contributed by atoms with Crippen LogP contribution in [-0.4, -0.2) is 16.1 Å². The highest BCUT2D eigenvalue weighted by Crippen LogP contribution is 2.24. The second-order valence-corrected chi connectivity index (χ2v) is 4.73. The van der Waals surface area contributed by atoms with Crippen LogP contribution in [0.15, 0.2) is 18.2 Å². The summed E-state index contributed by atoms with van der Waals surface area (Å²) in [6, 6.07) is 4.77. The van der Waals surface area contributed by atoms with E-state index in [1.54, 1.807) is 12.1 Å². The van der Waals surface area contributed by atoms with E-state index in [-0.39, 0.29) is 5.82 Å². The van der Waals surface area contributed by atoms with Gasteiger partial charge in [0.1, 0.15) is 11.6 Å². The van der Waals surface area contributed by atoms with Gasteiger partial charge in [-0.05, 0) is 37.6 Å². The number of fused-ring (bicyclic) bond motifs is 1. The van der Waals surface area contributed by atoms with Crippen LogP contribution in [0.4, 0.5) is 4.39 Å². The van der Waals surface area contributed by atoms with Crippen molar-refractivity contribution in [2.45, 2.75) is 39.2 Å². The minimum Gasteiger partial charge on any atom is -0.330 e. The summed E-state index contributed by atoms with van der Waals surface area (Å²) in [7, 11) is 0. The summed E-state index contributed by atoms with van der Waals surface area (Å²) in [5.74, 6) is 1.11. The molecule has 0 saturated carbocycles. The molecule has 0 radical (unpaired) electrons. The Morgan fingerprint density at radius 3 is 2.89 bits per heavy atom. The number of aryl methyl sites for hydroxylation is 1. The number of hydrogen-bond acceptors (Lipinski definition) is 2. The Morgan fingerprint density at radius 2 is 2.22 bits per heavy atom. The summed E-state index contributed by atoms with van der Waals surface area (Å²) < 4.78 is 15.5. The average Bonchev–Trinajstić information content (AvgIpc) is 2.69. The van der Waals surface area contributed by atoms with Gasteiger partial charge in [0.05, 0.1) is 11.0 Å². The van der Waals surface area contributed by atoms with Gasteiger partial charge in [-0.3, -0.25) is 0 Å². The van der Waals surface area contributed by atoms with E-state index in [1.165, 1.54) is 6.07 Å². The molecule has 0 bridgehead atoms. The molecule has 0 fully saturated rings. The molecule has 98 valence electrons. The Bertz CT molecular complexity index is 533. The predicted octanol–water partition coefficient (Wildman–Crippen LogP) is 3.04. The largest absolute Gasteiger partial charge is 0.330 e. The number of imidazole rings is 1. The number of nitrogens with zero attached hydrogens (tertiary/aromatic N) is 2.